The Balaban J connectivity index is 1.25. The molecule has 218 valence electrons. The lowest BCUT2D eigenvalue weighted by Crippen LogP contribution is -2.33. The first-order valence-corrected chi connectivity index (χ1v) is 13.6. The first-order valence-electron chi connectivity index (χ1n) is 13.6. The number of esters is 2. The molecular weight excluding hydrogens is 542 g/mol. The number of hydrogen-bond donors (Lipinski definition) is 0. The van der Waals surface area contributed by atoms with Gasteiger partial charge < -0.3 is 19.0 Å². The zero-order valence-corrected chi connectivity index (χ0v) is 22.9. The summed E-state index contributed by atoms with van der Waals surface area (Å²) in [5.41, 5.74) is 1.74. The third-order valence-electron chi connectivity index (χ3n) is 6.50. The number of ether oxygens (including phenoxy) is 3. The van der Waals surface area contributed by atoms with Crippen LogP contribution in [0.1, 0.15) is 48.8 Å². The average Bonchev–Trinajstić information content (AvgIpc) is 3.33. The summed E-state index contributed by atoms with van der Waals surface area (Å²) in [6.07, 6.45) is -0.637. The van der Waals surface area contributed by atoms with Crippen LogP contribution in [0.15, 0.2) is 91.0 Å². The molecule has 0 bridgehead atoms. The van der Waals surface area contributed by atoms with E-state index in [1.54, 1.807) is 0 Å². The van der Waals surface area contributed by atoms with Gasteiger partial charge in [-0.05, 0) is 16.7 Å². The van der Waals surface area contributed by atoms with Gasteiger partial charge in [0.25, 0.3) is 11.8 Å². The zero-order valence-electron chi connectivity index (χ0n) is 22.9. The van der Waals surface area contributed by atoms with Gasteiger partial charge in [0, 0.05) is 12.8 Å². The van der Waals surface area contributed by atoms with Crippen molar-refractivity contribution >= 4 is 29.7 Å². The summed E-state index contributed by atoms with van der Waals surface area (Å²) in [5, 5.41) is 0.428. The van der Waals surface area contributed by atoms with Crippen molar-refractivity contribution in [3.8, 4) is 0 Å². The van der Waals surface area contributed by atoms with Crippen molar-refractivity contribution in [2.45, 2.75) is 37.7 Å². The summed E-state index contributed by atoms with van der Waals surface area (Å²) in [5.74, 6) is -3.30. The van der Waals surface area contributed by atoms with E-state index in [0.29, 0.717) is 5.06 Å². The Hall–Kier alpha value is -4.83. The van der Waals surface area contributed by atoms with Crippen LogP contribution < -0.4 is 0 Å². The molecule has 1 saturated heterocycles. The molecule has 2 amide bonds. The smallest absolute Gasteiger partial charge is 0.336 e. The third kappa shape index (κ3) is 7.67. The maximum absolute atomic E-state index is 12.5. The van der Waals surface area contributed by atoms with Gasteiger partial charge in [-0.15, -0.1) is 5.06 Å². The number of imide groups is 1. The summed E-state index contributed by atoms with van der Waals surface area (Å²) in [6, 6.07) is 29.3. The highest BCUT2D eigenvalue weighted by molar-refractivity contribution is 6.01. The van der Waals surface area contributed by atoms with Crippen LogP contribution in [0.5, 0.6) is 0 Å². The standard InChI is InChI=1S/C32H31NO9/c34-27-16-17-28(35)33(27)42-31(38)19-22-40-29(36)18-21-39-30(37)20-23-41-32(24-10-4-1-5-11-24,25-12-6-2-7-13-25)26-14-8-3-9-15-26/h1-15H,16-23H2. The van der Waals surface area contributed by atoms with E-state index in [0.717, 1.165) is 16.7 Å². The highest BCUT2D eigenvalue weighted by atomic mass is 16.7. The summed E-state index contributed by atoms with van der Waals surface area (Å²) < 4.78 is 16.7. The second-order valence-corrected chi connectivity index (χ2v) is 9.36. The number of nitrogens with zero attached hydrogens (tertiary/aromatic N) is 1. The van der Waals surface area contributed by atoms with Gasteiger partial charge in [-0.2, -0.15) is 0 Å². The van der Waals surface area contributed by atoms with E-state index < -0.39 is 35.3 Å². The summed E-state index contributed by atoms with van der Waals surface area (Å²) in [7, 11) is 0. The van der Waals surface area contributed by atoms with E-state index >= 15 is 0 Å². The number of amides is 2. The minimum Gasteiger partial charge on any atom is -0.465 e. The van der Waals surface area contributed by atoms with Gasteiger partial charge in [-0.25, -0.2) is 4.79 Å². The zero-order chi connectivity index (χ0) is 29.8. The average molecular weight is 574 g/mol. The van der Waals surface area contributed by atoms with Crippen LogP contribution in [0.4, 0.5) is 0 Å². The number of hydroxylamine groups is 2. The maximum atomic E-state index is 12.5. The van der Waals surface area contributed by atoms with E-state index in [-0.39, 0.29) is 51.9 Å². The van der Waals surface area contributed by atoms with Gasteiger partial charge in [0.1, 0.15) is 18.8 Å². The summed E-state index contributed by atoms with van der Waals surface area (Å²) in [4.78, 5) is 63.9. The van der Waals surface area contributed by atoms with Crippen LogP contribution in [0.2, 0.25) is 0 Å². The molecule has 1 fully saturated rings. The van der Waals surface area contributed by atoms with Crippen LogP contribution >= 0.6 is 0 Å². The van der Waals surface area contributed by atoms with Crippen LogP contribution in [-0.4, -0.2) is 54.6 Å². The fraction of sp³-hybridized carbons (Fsp3) is 0.281. The molecule has 1 aliphatic heterocycles. The Morgan fingerprint density at radius 2 is 0.952 bits per heavy atom. The highest BCUT2D eigenvalue weighted by Crippen LogP contribution is 2.40. The molecule has 3 aromatic carbocycles. The second kappa shape index (κ2) is 14.7. The maximum Gasteiger partial charge on any atom is 0.336 e. The number of benzene rings is 3. The minimum absolute atomic E-state index is 0.0140. The van der Waals surface area contributed by atoms with Crippen LogP contribution in [0.3, 0.4) is 0 Å². The molecule has 3 aromatic rings. The lowest BCUT2D eigenvalue weighted by molar-refractivity contribution is -0.198. The fourth-order valence-corrected chi connectivity index (χ4v) is 4.50. The van der Waals surface area contributed by atoms with E-state index in [1.807, 2.05) is 91.0 Å². The SMILES string of the molecule is O=C(CCOC(=O)CCOC(c1ccccc1)(c1ccccc1)c1ccccc1)OCCC(=O)ON1C(=O)CCC1=O. The number of rotatable bonds is 14. The molecule has 0 N–H and O–H groups in total. The molecule has 1 aliphatic rings. The lowest BCUT2D eigenvalue weighted by Gasteiger charge is -2.36. The normalized spacial score (nSPS) is 13.1. The Kier molecular flexibility index (Phi) is 10.5. The highest BCUT2D eigenvalue weighted by Gasteiger charge is 2.37. The largest absolute Gasteiger partial charge is 0.465 e. The Bertz CT molecular complexity index is 1260. The van der Waals surface area contributed by atoms with Crippen LogP contribution in [0, 0.1) is 0 Å². The van der Waals surface area contributed by atoms with Crippen molar-refractivity contribution in [1.29, 1.82) is 0 Å². The van der Waals surface area contributed by atoms with E-state index in [1.165, 1.54) is 0 Å². The second-order valence-electron chi connectivity index (χ2n) is 9.36. The van der Waals surface area contributed by atoms with Gasteiger partial charge in [0.15, 0.2) is 0 Å². The van der Waals surface area contributed by atoms with Gasteiger partial charge in [-0.1, -0.05) is 91.0 Å². The number of carbonyl (C=O) groups is 5. The topological polar surface area (TPSA) is 126 Å². The van der Waals surface area contributed by atoms with E-state index in [2.05, 4.69) is 0 Å². The van der Waals surface area contributed by atoms with Crippen molar-refractivity contribution in [2.24, 2.45) is 0 Å². The quantitative estimate of drug-likeness (QED) is 0.161. The van der Waals surface area contributed by atoms with Gasteiger partial charge in [-0.3, -0.25) is 19.2 Å². The Morgan fingerprint density at radius 1 is 0.571 bits per heavy atom. The summed E-state index contributed by atoms with van der Waals surface area (Å²) >= 11 is 0. The first kappa shape index (κ1) is 30.1. The Morgan fingerprint density at radius 3 is 1.38 bits per heavy atom. The molecule has 0 spiro atoms. The van der Waals surface area contributed by atoms with Crippen molar-refractivity contribution in [3.05, 3.63) is 108 Å². The molecule has 10 heteroatoms. The lowest BCUT2D eigenvalue weighted by atomic mass is 9.80. The molecule has 0 unspecified atom stereocenters. The Labute approximate surface area is 243 Å². The molecule has 0 radical (unpaired) electrons. The van der Waals surface area contributed by atoms with Crippen molar-refractivity contribution in [1.82, 2.24) is 5.06 Å². The molecule has 0 saturated carbocycles. The third-order valence-corrected chi connectivity index (χ3v) is 6.50. The van der Waals surface area contributed by atoms with Crippen molar-refractivity contribution in [3.63, 3.8) is 0 Å². The van der Waals surface area contributed by atoms with Gasteiger partial charge >= 0.3 is 17.9 Å². The van der Waals surface area contributed by atoms with Crippen molar-refractivity contribution < 1.29 is 43.0 Å². The molecule has 0 atom stereocenters. The molecule has 0 aliphatic carbocycles. The fourth-order valence-electron chi connectivity index (χ4n) is 4.50. The van der Waals surface area contributed by atoms with Gasteiger partial charge in [0.2, 0.25) is 0 Å². The molecule has 10 nitrogen and oxygen atoms in total. The van der Waals surface area contributed by atoms with Crippen LogP contribution in [-0.2, 0) is 48.6 Å². The number of hydrogen-bond acceptors (Lipinski definition) is 9. The number of carbonyl (C=O) groups excluding carboxylic acids is 5. The van der Waals surface area contributed by atoms with Crippen LogP contribution in [0.25, 0.3) is 0 Å². The molecule has 0 aromatic heterocycles. The summed E-state index contributed by atoms with van der Waals surface area (Å²) in [6.45, 7) is -0.470. The van der Waals surface area contributed by atoms with E-state index in [4.69, 9.17) is 19.0 Å². The minimum atomic E-state index is -0.968. The van der Waals surface area contributed by atoms with E-state index in [9.17, 15) is 24.0 Å². The van der Waals surface area contributed by atoms with Crippen molar-refractivity contribution in [2.75, 3.05) is 19.8 Å². The predicted molar refractivity (Wildman–Crippen MR) is 148 cm³/mol. The monoisotopic (exact) mass is 573 g/mol. The predicted octanol–water partition coefficient (Wildman–Crippen LogP) is 3.86. The van der Waals surface area contributed by atoms with Gasteiger partial charge in [0.05, 0.1) is 25.9 Å². The molecule has 4 rings (SSSR count). The molecular formula is C32H31NO9. The molecule has 42 heavy (non-hydrogen) atoms. The molecule has 1 heterocycles. The first-order chi connectivity index (χ1) is 20.4.